The standard InChI is InChI=1S/C22H21BrN4O3/c1-14(28)24-17-10-8-15(9-11-17)20-25-21(30-26-20)16-5-4-12-27(13-16)22(29)18-6-2-3-7-19(18)23/h2-3,6-11,16H,4-5,12-13H2,1H3,(H,24,28)/t16-/m1/s1. The molecule has 0 saturated carbocycles. The second-order valence-electron chi connectivity index (χ2n) is 7.28. The molecule has 1 aliphatic rings. The molecule has 4 rings (SSSR count). The van der Waals surface area contributed by atoms with Gasteiger partial charge in [0.2, 0.25) is 17.6 Å². The molecular formula is C22H21BrN4O3. The molecule has 2 amide bonds. The molecule has 1 aliphatic heterocycles. The van der Waals surface area contributed by atoms with Crippen LogP contribution in [0.4, 0.5) is 5.69 Å². The van der Waals surface area contributed by atoms with Crippen molar-refractivity contribution in [3.8, 4) is 11.4 Å². The third-order valence-corrected chi connectivity index (χ3v) is 5.76. The summed E-state index contributed by atoms with van der Waals surface area (Å²) in [4.78, 5) is 30.5. The van der Waals surface area contributed by atoms with E-state index in [-0.39, 0.29) is 17.7 Å². The highest BCUT2D eigenvalue weighted by Crippen LogP contribution is 2.29. The SMILES string of the molecule is CC(=O)Nc1ccc(-c2noc([C@@H]3CCCN(C(=O)c4ccccc4Br)C3)n2)cc1. The van der Waals surface area contributed by atoms with E-state index in [9.17, 15) is 9.59 Å². The molecule has 0 radical (unpaired) electrons. The molecule has 0 unspecified atom stereocenters. The first kappa shape index (κ1) is 20.3. The number of hydrogen-bond acceptors (Lipinski definition) is 5. The molecule has 2 heterocycles. The maximum absolute atomic E-state index is 12.9. The van der Waals surface area contributed by atoms with Crippen molar-refractivity contribution < 1.29 is 14.1 Å². The van der Waals surface area contributed by atoms with E-state index in [0.717, 1.165) is 22.9 Å². The van der Waals surface area contributed by atoms with Gasteiger partial charge in [-0.3, -0.25) is 9.59 Å². The van der Waals surface area contributed by atoms with Crippen LogP contribution in [-0.2, 0) is 4.79 Å². The summed E-state index contributed by atoms with van der Waals surface area (Å²) in [6.45, 7) is 2.72. The fraction of sp³-hybridized carbons (Fsp3) is 0.273. The van der Waals surface area contributed by atoms with E-state index in [4.69, 9.17) is 4.52 Å². The lowest BCUT2D eigenvalue weighted by Gasteiger charge is -2.31. The molecule has 1 N–H and O–H groups in total. The number of nitrogens with one attached hydrogen (secondary N) is 1. The Morgan fingerprint density at radius 1 is 1.17 bits per heavy atom. The van der Waals surface area contributed by atoms with E-state index in [1.807, 2.05) is 41.3 Å². The number of nitrogens with zero attached hydrogens (tertiary/aromatic N) is 3. The van der Waals surface area contributed by atoms with Gasteiger partial charge in [-0.1, -0.05) is 17.3 Å². The van der Waals surface area contributed by atoms with Crippen LogP contribution in [0.15, 0.2) is 57.5 Å². The summed E-state index contributed by atoms with van der Waals surface area (Å²) in [6, 6.07) is 14.7. The lowest BCUT2D eigenvalue weighted by atomic mass is 9.97. The van der Waals surface area contributed by atoms with Crippen molar-refractivity contribution in [2.24, 2.45) is 0 Å². The van der Waals surface area contributed by atoms with E-state index in [0.29, 0.717) is 36.1 Å². The number of aromatic nitrogens is 2. The first-order chi connectivity index (χ1) is 14.5. The molecule has 30 heavy (non-hydrogen) atoms. The Morgan fingerprint density at radius 2 is 1.93 bits per heavy atom. The predicted molar refractivity (Wildman–Crippen MR) is 116 cm³/mol. The first-order valence-electron chi connectivity index (χ1n) is 9.76. The van der Waals surface area contributed by atoms with Gasteiger partial charge in [-0.25, -0.2) is 0 Å². The highest BCUT2D eigenvalue weighted by Gasteiger charge is 2.29. The van der Waals surface area contributed by atoms with Crippen LogP contribution < -0.4 is 5.32 Å². The molecule has 1 atom stereocenters. The molecule has 2 aromatic carbocycles. The van der Waals surface area contributed by atoms with Gasteiger partial charge in [0.25, 0.3) is 5.91 Å². The van der Waals surface area contributed by atoms with Crippen LogP contribution in [0.5, 0.6) is 0 Å². The summed E-state index contributed by atoms with van der Waals surface area (Å²) in [5, 5.41) is 6.84. The summed E-state index contributed by atoms with van der Waals surface area (Å²) in [5.74, 6) is 0.920. The van der Waals surface area contributed by atoms with Gasteiger partial charge < -0.3 is 14.7 Å². The van der Waals surface area contributed by atoms with Crippen LogP contribution in [0.1, 0.15) is 41.9 Å². The number of rotatable bonds is 4. The second kappa shape index (κ2) is 8.79. The number of hydrogen-bond donors (Lipinski definition) is 1. The average Bonchev–Trinajstić information content (AvgIpc) is 3.24. The number of halogens is 1. The third-order valence-electron chi connectivity index (χ3n) is 5.07. The Labute approximate surface area is 182 Å². The Hall–Kier alpha value is -3.00. The topological polar surface area (TPSA) is 88.3 Å². The van der Waals surface area contributed by atoms with E-state index in [2.05, 4.69) is 31.4 Å². The van der Waals surface area contributed by atoms with Gasteiger partial charge in [-0.15, -0.1) is 0 Å². The zero-order chi connectivity index (χ0) is 21.1. The fourth-order valence-corrected chi connectivity index (χ4v) is 4.05. The number of piperidine rings is 1. The number of likely N-dealkylation sites (tertiary alicyclic amines) is 1. The van der Waals surface area contributed by atoms with E-state index in [1.165, 1.54) is 6.92 Å². The van der Waals surface area contributed by atoms with Crippen molar-refractivity contribution in [2.45, 2.75) is 25.7 Å². The smallest absolute Gasteiger partial charge is 0.255 e. The van der Waals surface area contributed by atoms with Crippen molar-refractivity contribution in [3.63, 3.8) is 0 Å². The van der Waals surface area contributed by atoms with Crippen molar-refractivity contribution in [2.75, 3.05) is 18.4 Å². The molecule has 7 nitrogen and oxygen atoms in total. The van der Waals surface area contributed by atoms with E-state index >= 15 is 0 Å². The summed E-state index contributed by atoms with van der Waals surface area (Å²) in [7, 11) is 0. The second-order valence-corrected chi connectivity index (χ2v) is 8.14. The number of carbonyl (C=O) groups excluding carboxylic acids is 2. The van der Waals surface area contributed by atoms with Crippen LogP contribution in [0.25, 0.3) is 11.4 Å². The van der Waals surface area contributed by atoms with Crippen molar-refractivity contribution >= 4 is 33.4 Å². The highest BCUT2D eigenvalue weighted by molar-refractivity contribution is 9.10. The van der Waals surface area contributed by atoms with Gasteiger partial charge in [0.15, 0.2) is 0 Å². The maximum atomic E-state index is 12.9. The normalized spacial score (nSPS) is 16.3. The number of anilines is 1. The molecule has 1 aromatic heterocycles. The van der Waals surface area contributed by atoms with Gasteiger partial charge in [-0.05, 0) is 65.2 Å². The molecule has 3 aromatic rings. The average molecular weight is 469 g/mol. The minimum absolute atomic E-state index is 0.000439. The largest absolute Gasteiger partial charge is 0.339 e. The van der Waals surface area contributed by atoms with Crippen molar-refractivity contribution in [3.05, 3.63) is 64.5 Å². The van der Waals surface area contributed by atoms with Crippen LogP contribution in [0.3, 0.4) is 0 Å². The molecule has 0 bridgehead atoms. The minimum Gasteiger partial charge on any atom is -0.339 e. The number of amides is 2. The fourth-order valence-electron chi connectivity index (χ4n) is 3.59. The van der Waals surface area contributed by atoms with E-state index < -0.39 is 0 Å². The van der Waals surface area contributed by atoms with Crippen LogP contribution in [0, 0.1) is 0 Å². The zero-order valence-electron chi connectivity index (χ0n) is 16.5. The highest BCUT2D eigenvalue weighted by atomic mass is 79.9. The zero-order valence-corrected chi connectivity index (χ0v) is 18.1. The summed E-state index contributed by atoms with van der Waals surface area (Å²) in [5.41, 5.74) is 2.17. The Bertz CT molecular complexity index is 1060. The predicted octanol–water partition coefficient (Wildman–Crippen LogP) is 4.48. The van der Waals surface area contributed by atoms with Crippen LogP contribution in [0.2, 0.25) is 0 Å². The maximum Gasteiger partial charge on any atom is 0.255 e. The summed E-state index contributed by atoms with van der Waals surface area (Å²) >= 11 is 3.46. The Balaban J connectivity index is 1.47. The molecule has 1 fully saturated rings. The minimum atomic E-state index is -0.122. The monoisotopic (exact) mass is 468 g/mol. The molecule has 0 spiro atoms. The van der Waals surface area contributed by atoms with Crippen LogP contribution >= 0.6 is 15.9 Å². The summed E-state index contributed by atoms with van der Waals surface area (Å²) in [6.07, 6.45) is 1.77. The number of carbonyl (C=O) groups is 2. The molecule has 0 aliphatic carbocycles. The van der Waals surface area contributed by atoms with E-state index in [1.54, 1.807) is 12.1 Å². The third kappa shape index (κ3) is 4.43. The first-order valence-corrected chi connectivity index (χ1v) is 10.6. The van der Waals surface area contributed by atoms with Crippen molar-refractivity contribution in [1.29, 1.82) is 0 Å². The Kier molecular flexibility index (Phi) is 5.94. The molecular weight excluding hydrogens is 448 g/mol. The van der Waals surface area contributed by atoms with Gasteiger partial charge >= 0.3 is 0 Å². The van der Waals surface area contributed by atoms with Crippen molar-refractivity contribution in [1.82, 2.24) is 15.0 Å². The number of benzene rings is 2. The Morgan fingerprint density at radius 3 is 2.67 bits per heavy atom. The molecule has 8 heteroatoms. The molecule has 1 saturated heterocycles. The van der Waals surface area contributed by atoms with Gasteiger partial charge in [0.05, 0.1) is 11.5 Å². The van der Waals surface area contributed by atoms with Gasteiger partial charge in [0.1, 0.15) is 0 Å². The van der Waals surface area contributed by atoms with Gasteiger partial charge in [0, 0.05) is 35.7 Å². The van der Waals surface area contributed by atoms with Crippen LogP contribution in [-0.4, -0.2) is 39.9 Å². The quantitative estimate of drug-likeness (QED) is 0.609. The molecule has 154 valence electrons. The lowest BCUT2D eigenvalue weighted by molar-refractivity contribution is -0.114. The lowest BCUT2D eigenvalue weighted by Crippen LogP contribution is -2.39. The van der Waals surface area contributed by atoms with Gasteiger partial charge in [-0.2, -0.15) is 4.98 Å². The summed E-state index contributed by atoms with van der Waals surface area (Å²) < 4.78 is 6.32.